The average molecular weight is 478 g/mol. The summed E-state index contributed by atoms with van der Waals surface area (Å²) >= 11 is 0. The van der Waals surface area contributed by atoms with Crippen LogP contribution in [-0.2, 0) is 14.3 Å². The van der Waals surface area contributed by atoms with E-state index in [1.54, 1.807) is 7.11 Å². The zero-order valence-electron chi connectivity index (χ0n) is 20.4. The minimum absolute atomic E-state index is 0.0235. The van der Waals surface area contributed by atoms with Gasteiger partial charge in [0.15, 0.2) is 0 Å². The number of nitrogens with one attached hydrogen (secondary N) is 3. The summed E-state index contributed by atoms with van der Waals surface area (Å²) in [6.07, 6.45) is 7.67. The number of fused-ring (bicyclic) bond motifs is 1. The second kappa shape index (κ2) is 10.00. The lowest BCUT2D eigenvalue weighted by molar-refractivity contribution is -0.140. The molecule has 3 N–H and O–H groups in total. The zero-order valence-corrected chi connectivity index (χ0v) is 20.4. The van der Waals surface area contributed by atoms with Gasteiger partial charge in [0.25, 0.3) is 0 Å². The van der Waals surface area contributed by atoms with Crippen molar-refractivity contribution in [1.29, 1.82) is 5.26 Å². The number of rotatable bonds is 10. The van der Waals surface area contributed by atoms with Crippen LogP contribution in [0.3, 0.4) is 0 Å². The quantitative estimate of drug-likeness (QED) is 0.456. The molecule has 2 amide bonds. The van der Waals surface area contributed by atoms with Crippen LogP contribution >= 0.6 is 0 Å². The normalized spacial score (nSPS) is 23.9. The first-order valence-electron chi connectivity index (χ1n) is 12.9. The Morgan fingerprint density at radius 1 is 1.29 bits per heavy atom. The van der Waals surface area contributed by atoms with Gasteiger partial charge in [-0.25, -0.2) is 0 Å². The van der Waals surface area contributed by atoms with Gasteiger partial charge in [0.05, 0.1) is 18.0 Å². The second-order valence-corrected chi connectivity index (χ2v) is 10.4. The maximum atomic E-state index is 14.1. The van der Waals surface area contributed by atoms with E-state index in [4.69, 9.17) is 4.74 Å². The van der Waals surface area contributed by atoms with Gasteiger partial charge in [0, 0.05) is 56.0 Å². The van der Waals surface area contributed by atoms with Crippen molar-refractivity contribution in [3.8, 4) is 6.07 Å². The molecule has 2 aliphatic carbocycles. The van der Waals surface area contributed by atoms with Gasteiger partial charge in [0.2, 0.25) is 11.8 Å². The van der Waals surface area contributed by atoms with E-state index in [1.807, 2.05) is 12.1 Å². The molecule has 3 atom stereocenters. The standard InChI is InChI=1S/C27H35N5O3/c1-35-12-4-7-24(22-16-30-23-6-3-2-5-21(22)23)32(20-8-9-20)25(33)18-13-19(15-29-14-18)31-26(34)27(17-28)10-11-27/h2-3,5-6,16,18-20,24,29-30H,4,7-15H2,1H3,(H,31,34)/t18-,19+,24?/m0/s1. The van der Waals surface area contributed by atoms with Crippen LogP contribution in [0.4, 0.5) is 0 Å². The molecule has 3 aliphatic rings. The van der Waals surface area contributed by atoms with Gasteiger partial charge < -0.3 is 25.3 Å². The predicted octanol–water partition coefficient (Wildman–Crippen LogP) is 3.02. The third kappa shape index (κ3) is 4.93. The Hall–Kier alpha value is -2.89. The number of nitrogens with zero attached hydrogens (tertiary/aromatic N) is 2. The Balaban J connectivity index is 1.36. The van der Waals surface area contributed by atoms with Crippen LogP contribution in [0.25, 0.3) is 10.9 Å². The van der Waals surface area contributed by atoms with Gasteiger partial charge in [-0.3, -0.25) is 9.59 Å². The summed E-state index contributed by atoms with van der Waals surface area (Å²) in [6.45, 7) is 1.89. The second-order valence-electron chi connectivity index (χ2n) is 10.4. The SMILES string of the molecule is COCCCC(c1c[nH]c2ccccc12)N(C(=O)[C@@H]1CNC[C@H](NC(=O)C2(C#N)CC2)C1)C1CC1. The van der Waals surface area contributed by atoms with Gasteiger partial charge in [0.1, 0.15) is 5.41 Å². The maximum Gasteiger partial charge on any atom is 0.240 e. The molecule has 0 radical (unpaired) electrons. The maximum absolute atomic E-state index is 14.1. The van der Waals surface area contributed by atoms with Crippen molar-refractivity contribution in [3.05, 3.63) is 36.0 Å². The van der Waals surface area contributed by atoms with E-state index in [-0.39, 0.29) is 35.9 Å². The van der Waals surface area contributed by atoms with E-state index in [0.29, 0.717) is 39.0 Å². The summed E-state index contributed by atoms with van der Waals surface area (Å²) in [5.41, 5.74) is 1.39. The minimum atomic E-state index is -0.848. The third-order valence-corrected chi connectivity index (χ3v) is 7.77. The molecule has 0 bridgehead atoms. The molecule has 2 saturated carbocycles. The van der Waals surface area contributed by atoms with Crippen LogP contribution in [0.1, 0.15) is 56.6 Å². The number of hydrogen-bond acceptors (Lipinski definition) is 5. The molecule has 8 nitrogen and oxygen atoms in total. The van der Waals surface area contributed by atoms with Crippen molar-refractivity contribution in [3.63, 3.8) is 0 Å². The monoisotopic (exact) mass is 477 g/mol. The van der Waals surface area contributed by atoms with Crippen LogP contribution in [0.15, 0.2) is 30.5 Å². The summed E-state index contributed by atoms with van der Waals surface area (Å²) in [4.78, 5) is 32.2. The molecule has 5 rings (SSSR count). The summed E-state index contributed by atoms with van der Waals surface area (Å²) < 4.78 is 5.34. The number of carbonyl (C=O) groups is 2. The number of benzene rings is 1. The molecule has 8 heteroatoms. The van der Waals surface area contributed by atoms with Crippen LogP contribution in [0.2, 0.25) is 0 Å². The Bertz CT molecular complexity index is 1110. The first kappa shape index (κ1) is 23.8. The van der Waals surface area contributed by atoms with Gasteiger partial charge in [-0.05, 0) is 56.6 Å². The number of methoxy groups -OCH3 is 1. The van der Waals surface area contributed by atoms with Crippen LogP contribution < -0.4 is 10.6 Å². The van der Waals surface area contributed by atoms with E-state index in [2.05, 4.69) is 44.9 Å². The minimum Gasteiger partial charge on any atom is -0.385 e. The van der Waals surface area contributed by atoms with Gasteiger partial charge >= 0.3 is 0 Å². The largest absolute Gasteiger partial charge is 0.385 e. The highest BCUT2D eigenvalue weighted by atomic mass is 16.5. The van der Waals surface area contributed by atoms with Crippen LogP contribution in [0.5, 0.6) is 0 Å². The molecule has 1 saturated heterocycles. The summed E-state index contributed by atoms with van der Waals surface area (Å²) in [6, 6.07) is 10.5. The van der Waals surface area contributed by atoms with Crippen molar-refractivity contribution >= 4 is 22.7 Å². The lowest BCUT2D eigenvalue weighted by atomic mass is 9.91. The average Bonchev–Trinajstić information content (AvgIpc) is 3.81. The Morgan fingerprint density at radius 3 is 2.80 bits per heavy atom. The van der Waals surface area contributed by atoms with Gasteiger partial charge in [-0.2, -0.15) is 5.26 Å². The van der Waals surface area contributed by atoms with Crippen molar-refractivity contribution in [2.45, 2.75) is 63.1 Å². The van der Waals surface area contributed by atoms with Crippen molar-refractivity contribution in [2.75, 3.05) is 26.8 Å². The highest BCUT2D eigenvalue weighted by Gasteiger charge is 2.51. The molecule has 186 valence electrons. The fraction of sp³-hybridized carbons (Fsp3) is 0.593. The van der Waals surface area contributed by atoms with E-state index in [0.717, 1.165) is 42.1 Å². The Labute approximate surface area is 206 Å². The molecule has 35 heavy (non-hydrogen) atoms. The highest BCUT2D eigenvalue weighted by Crippen LogP contribution is 2.45. The predicted molar refractivity (Wildman–Crippen MR) is 132 cm³/mol. The number of aromatic amines is 1. The van der Waals surface area contributed by atoms with Crippen molar-refractivity contribution in [2.24, 2.45) is 11.3 Å². The molecule has 1 aromatic heterocycles. The summed E-state index contributed by atoms with van der Waals surface area (Å²) in [7, 11) is 1.71. The molecule has 1 aromatic carbocycles. The number of carbonyl (C=O) groups excluding carboxylic acids is 2. The smallest absolute Gasteiger partial charge is 0.240 e. The molecule has 3 fully saturated rings. The number of amides is 2. The van der Waals surface area contributed by atoms with Crippen molar-refractivity contribution in [1.82, 2.24) is 20.5 Å². The van der Waals surface area contributed by atoms with Gasteiger partial charge in [-0.1, -0.05) is 18.2 Å². The first-order chi connectivity index (χ1) is 17.1. The fourth-order valence-corrected chi connectivity index (χ4v) is 5.46. The zero-order chi connectivity index (χ0) is 24.4. The van der Waals surface area contributed by atoms with E-state index < -0.39 is 5.41 Å². The number of ether oxygens (including phenoxy) is 1. The van der Waals surface area contributed by atoms with E-state index in [1.165, 1.54) is 0 Å². The van der Waals surface area contributed by atoms with Crippen molar-refractivity contribution < 1.29 is 14.3 Å². The van der Waals surface area contributed by atoms with Crippen LogP contribution in [-0.4, -0.2) is 60.6 Å². The first-order valence-corrected chi connectivity index (χ1v) is 12.9. The fourth-order valence-electron chi connectivity index (χ4n) is 5.46. The molecule has 1 aliphatic heterocycles. The Kier molecular flexibility index (Phi) is 6.81. The number of piperidine rings is 1. The number of nitriles is 1. The lowest BCUT2D eigenvalue weighted by Gasteiger charge is -2.38. The highest BCUT2D eigenvalue weighted by molar-refractivity contribution is 5.89. The number of aromatic nitrogens is 1. The Morgan fingerprint density at radius 2 is 2.09 bits per heavy atom. The molecular weight excluding hydrogens is 442 g/mol. The molecule has 2 aromatic rings. The lowest BCUT2D eigenvalue weighted by Crippen LogP contribution is -2.54. The molecule has 0 spiro atoms. The summed E-state index contributed by atoms with van der Waals surface area (Å²) in [5.74, 6) is -0.231. The molecule has 2 heterocycles. The number of H-pyrrole nitrogens is 1. The third-order valence-electron chi connectivity index (χ3n) is 7.77. The van der Waals surface area contributed by atoms with E-state index >= 15 is 0 Å². The number of para-hydroxylation sites is 1. The molecular formula is C27H35N5O3. The number of hydrogen-bond donors (Lipinski definition) is 3. The summed E-state index contributed by atoms with van der Waals surface area (Å²) in [5, 5.41) is 16.9. The van der Waals surface area contributed by atoms with Crippen LogP contribution in [0, 0.1) is 22.7 Å². The topological polar surface area (TPSA) is 110 Å². The van der Waals surface area contributed by atoms with E-state index in [9.17, 15) is 14.9 Å². The van der Waals surface area contributed by atoms with Gasteiger partial charge in [-0.15, -0.1) is 0 Å². The molecule has 1 unspecified atom stereocenters.